The van der Waals surface area contributed by atoms with Gasteiger partial charge in [-0.1, -0.05) is 13.3 Å². The van der Waals surface area contributed by atoms with E-state index in [4.69, 9.17) is 0 Å². The molecule has 2 N–H and O–H groups in total. The molecule has 24 heavy (non-hydrogen) atoms. The maximum atomic E-state index is 12.5. The fraction of sp³-hybridized carbons (Fsp3) is 0.944. The molecule has 0 aliphatic carbocycles. The third-order valence-electron chi connectivity index (χ3n) is 5.66. The molecule has 0 bridgehead atoms. The number of nitrogens with zero attached hydrogens (tertiary/aromatic N) is 3. The molecule has 0 radical (unpaired) electrons. The van der Waals surface area contributed by atoms with E-state index in [0.717, 1.165) is 52.0 Å². The lowest BCUT2D eigenvalue weighted by molar-refractivity contribution is 0.0153. The molecule has 2 amide bonds. The predicted molar refractivity (Wildman–Crippen MR) is 97.2 cm³/mol. The van der Waals surface area contributed by atoms with Crippen molar-refractivity contribution >= 4 is 6.03 Å². The van der Waals surface area contributed by atoms with Gasteiger partial charge in [0.25, 0.3) is 0 Å². The Kier molecular flexibility index (Phi) is 7.78. The maximum Gasteiger partial charge on any atom is 0.317 e. The summed E-state index contributed by atoms with van der Waals surface area (Å²) in [4.78, 5) is 19.3. The molecule has 6 heteroatoms. The lowest BCUT2D eigenvalue weighted by atomic mass is 9.84. The highest BCUT2D eigenvalue weighted by atomic mass is 16.3. The topological polar surface area (TPSA) is 59.1 Å². The molecule has 140 valence electrons. The van der Waals surface area contributed by atoms with E-state index < -0.39 is 0 Å². The molecular formula is C18H36N4O2. The van der Waals surface area contributed by atoms with Gasteiger partial charge in [0, 0.05) is 25.2 Å². The van der Waals surface area contributed by atoms with Gasteiger partial charge in [-0.25, -0.2) is 4.79 Å². The van der Waals surface area contributed by atoms with Crippen LogP contribution >= 0.6 is 0 Å². The van der Waals surface area contributed by atoms with E-state index in [1.807, 2.05) is 0 Å². The minimum Gasteiger partial charge on any atom is -0.395 e. The summed E-state index contributed by atoms with van der Waals surface area (Å²) < 4.78 is 0. The first-order valence-electron chi connectivity index (χ1n) is 9.68. The van der Waals surface area contributed by atoms with Gasteiger partial charge in [0.05, 0.1) is 6.61 Å². The van der Waals surface area contributed by atoms with Crippen molar-refractivity contribution in [1.29, 1.82) is 0 Å². The highest BCUT2D eigenvalue weighted by Gasteiger charge is 2.40. The van der Waals surface area contributed by atoms with Gasteiger partial charge in [-0.05, 0) is 65.3 Å². The Labute approximate surface area is 147 Å². The summed E-state index contributed by atoms with van der Waals surface area (Å²) in [6.45, 7) is 8.45. The zero-order valence-electron chi connectivity index (χ0n) is 15.6. The number of nitrogens with one attached hydrogen (secondary N) is 1. The normalized spacial score (nSPS) is 22.3. The number of piperidine rings is 2. The molecule has 0 spiro atoms. The lowest BCUT2D eigenvalue weighted by Crippen LogP contribution is -2.62. The number of likely N-dealkylation sites (tertiary alicyclic amines) is 2. The lowest BCUT2D eigenvalue weighted by Gasteiger charge is -2.50. The van der Waals surface area contributed by atoms with E-state index in [2.05, 4.69) is 29.1 Å². The van der Waals surface area contributed by atoms with Crippen molar-refractivity contribution in [2.24, 2.45) is 0 Å². The van der Waals surface area contributed by atoms with E-state index >= 15 is 0 Å². The average Bonchev–Trinajstić information content (AvgIpc) is 2.62. The van der Waals surface area contributed by atoms with E-state index in [1.54, 1.807) is 4.90 Å². The van der Waals surface area contributed by atoms with Gasteiger partial charge in [-0.15, -0.1) is 0 Å². The highest BCUT2D eigenvalue weighted by molar-refractivity contribution is 5.74. The number of rotatable bonds is 7. The molecule has 0 unspecified atom stereocenters. The fourth-order valence-corrected chi connectivity index (χ4v) is 4.07. The van der Waals surface area contributed by atoms with E-state index in [0.29, 0.717) is 13.1 Å². The SMILES string of the molecule is CCCN(CCO)C(=O)NCC1(N2CCCCC2)CCN(C)CC1. The molecule has 2 saturated heterocycles. The maximum absolute atomic E-state index is 12.5. The highest BCUT2D eigenvalue weighted by Crippen LogP contribution is 2.30. The Balaban J connectivity index is 1.98. The number of aliphatic hydroxyl groups is 1. The van der Waals surface area contributed by atoms with Crippen molar-refractivity contribution in [3.63, 3.8) is 0 Å². The van der Waals surface area contributed by atoms with Crippen LogP contribution in [0.5, 0.6) is 0 Å². The second-order valence-corrected chi connectivity index (χ2v) is 7.44. The second-order valence-electron chi connectivity index (χ2n) is 7.44. The first-order valence-corrected chi connectivity index (χ1v) is 9.68. The summed E-state index contributed by atoms with van der Waals surface area (Å²) >= 11 is 0. The summed E-state index contributed by atoms with van der Waals surface area (Å²) in [5.41, 5.74) is 0.111. The first-order chi connectivity index (χ1) is 11.6. The van der Waals surface area contributed by atoms with Gasteiger partial charge in [0.1, 0.15) is 0 Å². The third kappa shape index (κ3) is 5.07. The molecule has 2 rings (SSSR count). The smallest absolute Gasteiger partial charge is 0.317 e. The monoisotopic (exact) mass is 340 g/mol. The Morgan fingerprint density at radius 2 is 1.79 bits per heavy atom. The van der Waals surface area contributed by atoms with E-state index in [9.17, 15) is 9.90 Å². The summed E-state index contributed by atoms with van der Waals surface area (Å²) in [6, 6.07) is -0.0267. The Morgan fingerprint density at radius 1 is 1.12 bits per heavy atom. The molecule has 0 atom stereocenters. The minimum absolute atomic E-state index is 0.0233. The van der Waals surface area contributed by atoms with Crippen LogP contribution in [-0.2, 0) is 0 Å². The number of urea groups is 1. The largest absolute Gasteiger partial charge is 0.395 e. The minimum atomic E-state index is -0.0267. The third-order valence-corrected chi connectivity index (χ3v) is 5.66. The molecule has 2 heterocycles. The summed E-state index contributed by atoms with van der Waals surface area (Å²) in [5.74, 6) is 0. The van der Waals surface area contributed by atoms with Crippen LogP contribution < -0.4 is 5.32 Å². The molecule has 2 aliphatic rings. The molecule has 6 nitrogen and oxygen atoms in total. The summed E-state index contributed by atoms with van der Waals surface area (Å²) in [6.07, 6.45) is 7.04. The molecule has 0 aromatic carbocycles. The zero-order valence-corrected chi connectivity index (χ0v) is 15.6. The van der Waals surface area contributed by atoms with Gasteiger partial charge in [0.2, 0.25) is 0 Å². The number of carbonyl (C=O) groups is 1. The van der Waals surface area contributed by atoms with Gasteiger partial charge < -0.3 is 20.2 Å². The molecule has 0 saturated carbocycles. The first kappa shape index (κ1) is 19.5. The predicted octanol–water partition coefficient (Wildman–Crippen LogP) is 1.35. The van der Waals surface area contributed by atoms with Crippen LogP contribution in [0, 0.1) is 0 Å². The van der Waals surface area contributed by atoms with E-state index in [1.165, 1.54) is 19.3 Å². The fourth-order valence-electron chi connectivity index (χ4n) is 4.07. The van der Waals surface area contributed by atoms with Crippen LogP contribution in [0.2, 0.25) is 0 Å². The van der Waals surface area contributed by atoms with Crippen LogP contribution in [0.1, 0.15) is 45.4 Å². The van der Waals surface area contributed by atoms with Crippen LogP contribution in [-0.4, -0.2) is 90.8 Å². The van der Waals surface area contributed by atoms with Gasteiger partial charge in [-0.2, -0.15) is 0 Å². The van der Waals surface area contributed by atoms with Crippen molar-refractivity contribution in [2.45, 2.75) is 51.0 Å². The zero-order chi connectivity index (χ0) is 17.4. The van der Waals surface area contributed by atoms with Crippen LogP contribution in [0.25, 0.3) is 0 Å². The quantitative estimate of drug-likeness (QED) is 0.734. The van der Waals surface area contributed by atoms with Crippen LogP contribution in [0.3, 0.4) is 0 Å². The molecular weight excluding hydrogens is 304 g/mol. The van der Waals surface area contributed by atoms with Gasteiger partial charge in [0.15, 0.2) is 0 Å². The summed E-state index contributed by atoms with van der Waals surface area (Å²) in [5, 5.41) is 12.4. The Hall–Kier alpha value is -0.850. The molecule has 0 aromatic heterocycles. The molecule has 2 aliphatic heterocycles. The number of aliphatic hydroxyl groups excluding tert-OH is 1. The molecule has 2 fully saturated rings. The second kappa shape index (κ2) is 9.59. The number of amides is 2. The number of hydrogen-bond donors (Lipinski definition) is 2. The average molecular weight is 341 g/mol. The van der Waals surface area contributed by atoms with Gasteiger partial charge in [-0.3, -0.25) is 4.90 Å². The van der Waals surface area contributed by atoms with Crippen LogP contribution in [0.4, 0.5) is 4.79 Å². The standard InChI is InChI=1S/C18H36N4O2/c1-3-9-21(14-15-23)17(24)19-16-18(7-12-20(2)13-8-18)22-10-5-4-6-11-22/h23H,3-16H2,1-2H3,(H,19,24). The van der Waals surface area contributed by atoms with Crippen molar-refractivity contribution in [1.82, 2.24) is 20.0 Å². The Morgan fingerprint density at radius 3 is 2.38 bits per heavy atom. The number of carbonyl (C=O) groups excluding carboxylic acids is 1. The van der Waals surface area contributed by atoms with Crippen molar-refractivity contribution in [2.75, 3.05) is 59.5 Å². The van der Waals surface area contributed by atoms with Gasteiger partial charge >= 0.3 is 6.03 Å². The summed E-state index contributed by atoms with van der Waals surface area (Å²) in [7, 11) is 2.18. The number of hydrogen-bond acceptors (Lipinski definition) is 4. The van der Waals surface area contributed by atoms with Crippen LogP contribution in [0.15, 0.2) is 0 Å². The van der Waals surface area contributed by atoms with Crippen molar-refractivity contribution < 1.29 is 9.90 Å². The van der Waals surface area contributed by atoms with E-state index in [-0.39, 0.29) is 18.2 Å². The molecule has 0 aromatic rings. The Bertz CT molecular complexity index is 371. The van der Waals surface area contributed by atoms with Crippen molar-refractivity contribution in [3.8, 4) is 0 Å². The van der Waals surface area contributed by atoms with Crippen molar-refractivity contribution in [3.05, 3.63) is 0 Å².